The fraction of sp³-hybridized carbons (Fsp3) is 0.296. The van der Waals surface area contributed by atoms with Crippen LogP contribution in [0.3, 0.4) is 0 Å². The van der Waals surface area contributed by atoms with Crippen molar-refractivity contribution in [3.63, 3.8) is 0 Å². The molecule has 4 aromatic rings. The monoisotopic (exact) mass is 442 g/mol. The van der Waals surface area contributed by atoms with E-state index < -0.39 is 5.41 Å². The lowest BCUT2D eigenvalue weighted by Crippen LogP contribution is -2.28. The van der Waals surface area contributed by atoms with Gasteiger partial charge in [-0.05, 0) is 61.6 Å². The van der Waals surface area contributed by atoms with Crippen LogP contribution in [0.25, 0.3) is 32.8 Å². The average Bonchev–Trinajstić information content (AvgIpc) is 2.82. The highest BCUT2D eigenvalue weighted by Gasteiger charge is 2.25. The SMILES string of the molecule is CC(C)(C)C(=O)OCn1cnc2cc(-c3cccc4ccccc34)c3c(c2c1=O)OCCC3. The molecular formula is C27H26N2O4. The van der Waals surface area contributed by atoms with E-state index in [1.165, 1.54) is 10.9 Å². The molecule has 0 bridgehead atoms. The van der Waals surface area contributed by atoms with Gasteiger partial charge in [0.05, 0.1) is 17.5 Å². The van der Waals surface area contributed by atoms with Crippen LogP contribution in [-0.4, -0.2) is 22.1 Å². The Bertz CT molecular complexity index is 1440. The van der Waals surface area contributed by atoms with Gasteiger partial charge in [0.25, 0.3) is 5.56 Å². The number of hydrogen-bond acceptors (Lipinski definition) is 5. The topological polar surface area (TPSA) is 70.4 Å². The summed E-state index contributed by atoms with van der Waals surface area (Å²) in [4.78, 5) is 30.1. The van der Waals surface area contributed by atoms with E-state index >= 15 is 0 Å². The van der Waals surface area contributed by atoms with Crippen molar-refractivity contribution in [1.29, 1.82) is 0 Å². The Kier molecular flexibility index (Phi) is 5.16. The Morgan fingerprint density at radius 2 is 1.91 bits per heavy atom. The van der Waals surface area contributed by atoms with Gasteiger partial charge in [-0.2, -0.15) is 0 Å². The number of hydrogen-bond donors (Lipinski definition) is 0. The molecule has 0 amide bonds. The molecule has 0 atom stereocenters. The van der Waals surface area contributed by atoms with Gasteiger partial charge in [0, 0.05) is 5.56 Å². The molecule has 0 N–H and O–H groups in total. The molecule has 1 aliphatic rings. The van der Waals surface area contributed by atoms with Crippen LogP contribution in [0.1, 0.15) is 32.8 Å². The van der Waals surface area contributed by atoms with Gasteiger partial charge in [-0.15, -0.1) is 0 Å². The second-order valence-corrected chi connectivity index (χ2v) is 9.44. The number of ether oxygens (including phenoxy) is 2. The molecule has 0 aliphatic carbocycles. The standard InChI is InChI=1S/C27H26N2O4/c1-27(2,3)26(31)33-16-29-15-28-22-14-21(19-11-6-9-17-8-4-5-10-18(17)19)20-12-7-13-32-24(20)23(22)25(29)30/h4-6,8-11,14-15H,7,12-13,16H2,1-3H3. The highest BCUT2D eigenvalue weighted by Crippen LogP contribution is 2.41. The summed E-state index contributed by atoms with van der Waals surface area (Å²) in [6.07, 6.45) is 3.13. The lowest BCUT2D eigenvalue weighted by molar-refractivity contribution is -0.157. The quantitative estimate of drug-likeness (QED) is 0.414. The smallest absolute Gasteiger partial charge is 0.312 e. The fourth-order valence-corrected chi connectivity index (χ4v) is 4.29. The van der Waals surface area contributed by atoms with E-state index in [9.17, 15) is 9.59 Å². The third kappa shape index (κ3) is 3.75. The molecule has 1 aromatic heterocycles. The Morgan fingerprint density at radius 3 is 2.73 bits per heavy atom. The summed E-state index contributed by atoms with van der Waals surface area (Å²) < 4.78 is 12.7. The largest absolute Gasteiger partial charge is 0.492 e. The number of rotatable bonds is 3. The lowest BCUT2D eigenvalue weighted by atomic mass is 9.90. The number of carbonyl (C=O) groups excluding carboxylic acids is 1. The molecule has 168 valence electrons. The summed E-state index contributed by atoms with van der Waals surface area (Å²) in [6, 6.07) is 16.5. The first-order chi connectivity index (χ1) is 15.8. The zero-order chi connectivity index (χ0) is 23.2. The van der Waals surface area contributed by atoms with Crippen molar-refractivity contribution in [3.8, 4) is 16.9 Å². The second-order valence-electron chi connectivity index (χ2n) is 9.44. The van der Waals surface area contributed by atoms with Gasteiger partial charge < -0.3 is 9.47 Å². The van der Waals surface area contributed by atoms with Crippen LogP contribution < -0.4 is 10.3 Å². The summed E-state index contributed by atoms with van der Waals surface area (Å²) in [7, 11) is 0. The molecule has 0 fully saturated rings. The molecule has 0 saturated carbocycles. The van der Waals surface area contributed by atoms with E-state index in [0.717, 1.165) is 40.3 Å². The van der Waals surface area contributed by atoms with Gasteiger partial charge in [0.1, 0.15) is 17.5 Å². The molecule has 3 aromatic carbocycles. The Hall–Kier alpha value is -3.67. The van der Waals surface area contributed by atoms with E-state index in [2.05, 4.69) is 29.2 Å². The van der Waals surface area contributed by atoms with Crippen molar-refractivity contribution in [3.05, 3.63) is 70.8 Å². The Morgan fingerprint density at radius 1 is 1.12 bits per heavy atom. The molecule has 0 spiro atoms. The molecule has 0 unspecified atom stereocenters. The van der Waals surface area contributed by atoms with Crippen molar-refractivity contribution >= 4 is 27.6 Å². The van der Waals surface area contributed by atoms with Crippen LogP contribution in [0.2, 0.25) is 0 Å². The van der Waals surface area contributed by atoms with Crippen LogP contribution in [0.5, 0.6) is 5.75 Å². The van der Waals surface area contributed by atoms with Gasteiger partial charge in [-0.1, -0.05) is 42.5 Å². The minimum atomic E-state index is -0.649. The van der Waals surface area contributed by atoms with E-state index in [-0.39, 0.29) is 18.3 Å². The number of nitrogens with zero attached hydrogens (tertiary/aromatic N) is 2. The molecule has 2 heterocycles. The first-order valence-electron chi connectivity index (χ1n) is 11.2. The summed E-state index contributed by atoms with van der Waals surface area (Å²) in [5.41, 5.74) is 2.81. The highest BCUT2D eigenvalue weighted by atomic mass is 16.5. The number of esters is 1. The Balaban J connectivity index is 1.67. The summed E-state index contributed by atoms with van der Waals surface area (Å²) in [5.74, 6) is 0.217. The number of aromatic nitrogens is 2. The summed E-state index contributed by atoms with van der Waals surface area (Å²) >= 11 is 0. The highest BCUT2D eigenvalue weighted by molar-refractivity contribution is 6.01. The first-order valence-corrected chi connectivity index (χ1v) is 11.2. The third-order valence-corrected chi connectivity index (χ3v) is 6.02. The molecule has 33 heavy (non-hydrogen) atoms. The second kappa shape index (κ2) is 8.03. The van der Waals surface area contributed by atoms with E-state index in [4.69, 9.17) is 9.47 Å². The predicted molar refractivity (Wildman–Crippen MR) is 128 cm³/mol. The number of fused-ring (bicyclic) bond motifs is 4. The first kappa shape index (κ1) is 21.2. The van der Waals surface area contributed by atoms with Crippen molar-refractivity contribution in [2.75, 3.05) is 6.61 Å². The predicted octanol–water partition coefficient (Wildman–Crippen LogP) is 5.09. The van der Waals surface area contributed by atoms with Crippen molar-refractivity contribution in [2.24, 2.45) is 5.41 Å². The van der Waals surface area contributed by atoms with Crippen LogP contribution in [0, 0.1) is 5.41 Å². The normalized spacial score (nSPS) is 13.5. The zero-order valence-electron chi connectivity index (χ0n) is 19.1. The lowest BCUT2D eigenvalue weighted by Gasteiger charge is -2.23. The van der Waals surface area contributed by atoms with Gasteiger partial charge in [-0.3, -0.25) is 14.2 Å². The summed E-state index contributed by atoms with van der Waals surface area (Å²) in [5, 5.41) is 2.74. The van der Waals surface area contributed by atoms with Crippen LogP contribution in [0.4, 0.5) is 0 Å². The zero-order valence-corrected chi connectivity index (χ0v) is 19.1. The third-order valence-electron chi connectivity index (χ3n) is 6.02. The molecule has 6 heteroatoms. The molecule has 0 radical (unpaired) electrons. The Labute approximate surface area is 191 Å². The maximum Gasteiger partial charge on any atom is 0.312 e. The number of benzene rings is 3. The van der Waals surface area contributed by atoms with Gasteiger partial charge >= 0.3 is 5.97 Å². The van der Waals surface area contributed by atoms with Crippen molar-refractivity contribution in [1.82, 2.24) is 9.55 Å². The van der Waals surface area contributed by atoms with Crippen LogP contribution in [0.15, 0.2) is 59.7 Å². The van der Waals surface area contributed by atoms with Gasteiger partial charge in [-0.25, -0.2) is 4.98 Å². The van der Waals surface area contributed by atoms with Crippen molar-refractivity contribution in [2.45, 2.75) is 40.3 Å². The minimum Gasteiger partial charge on any atom is -0.492 e. The van der Waals surface area contributed by atoms with E-state index in [1.54, 1.807) is 20.8 Å². The average molecular weight is 443 g/mol. The number of carbonyl (C=O) groups is 1. The molecule has 6 nitrogen and oxygen atoms in total. The maximum atomic E-state index is 13.4. The molecule has 5 rings (SSSR count). The van der Waals surface area contributed by atoms with E-state index in [1.807, 2.05) is 24.3 Å². The maximum absolute atomic E-state index is 13.4. The molecular weight excluding hydrogens is 416 g/mol. The minimum absolute atomic E-state index is 0.183. The van der Waals surface area contributed by atoms with E-state index in [0.29, 0.717) is 23.3 Å². The van der Waals surface area contributed by atoms with Gasteiger partial charge in [0.2, 0.25) is 0 Å². The van der Waals surface area contributed by atoms with Gasteiger partial charge in [0.15, 0.2) is 6.73 Å². The molecule has 1 aliphatic heterocycles. The fourth-order valence-electron chi connectivity index (χ4n) is 4.29. The van der Waals surface area contributed by atoms with Crippen LogP contribution in [-0.2, 0) is 22.7 Å². The van der Waals surface area contributed by atoms with Crippen LogP contribution >= 0.6 is 0 Å². The molecule has 0 saturated heterocycles. The summed E-state index contributed by atoms with van der Waals surface area (Å²) in [6.45, 7) is 5.69. The van der Waals surface area contributed by atoms with Crippen molar-refractivity contribution < 1.29 is 14.3 Å².